The number of hydrogen-bond donors (Lipinski definition) is 0. The lowest BCUT2D eigenvalue weighted by Gasteiger charge is -2.17. The highest BCUT2D eigenvalue weighted by Gasteiger charge is 2.15. The largest absolute Gasteiger partial charge is 0.458 e. The van der Waals surface area contributed by atoms with Gasteiger partial charge < -0.3 is 4.74 Å². The normalized spacial score (nSPS) is 13.5. The van der Waals surface area contributed by atoms with Crippen molar-refractivity contribution in [2.75, 3.05) is 0 Å². The SMILES string of the molecule is CC(=O)OC(CCC(C)C#N)c1ccccc1. The summed E-state index contributed by atoms with van der Waals surface area (Å²) in [5.74, 6) is -0.305. The van der Waals surface area contributed by atoms with Crippen molar-refractivity contribution in [3.05, 3.63) is 35.9 Å². The summed E-state index contributed by atoms with van der Waals surface area (Å²) in [5.41, 5.74) is 0.979. The topological polar surface area (TPSA) is 50.1 Å². The number of rotatable bonds is 5. The molecule has 0 aliphatic heterocycles. The van der Waals surface area contributed by atoms with Gasteiger partial charge in [-0.05, 0) is 25.3 Å². The smallest absolute Gasteiger partial charge is 0.303 e. The molecule has 0 heterocycles. The molecule has 3 heteroatoms. The highest BCUT2D eigenvalue weighted by molar-refractivity contribution is 5.66. The van der Waals surface area contributed by atoms with Crippen LogP contribution in [0.1, 0.15) is 38.4 Å². The molecule has 0 aromatic heterocycles. The predicted molar refractivity (Wildman–Crippen MR) is 65.0 cm³/mol. The third-order valence-electron chi connectivity index (χ3n) is 2.56. The Morgan fingerprint density at radius 1 is 1.35 bits per heavy atom. The fourth-order valence-electron chi connectivity index (χ4n) is 1.63. The molecule has 0 spiro atoms. The summed E-state index contributed by atoms with van der Waals surface area (Å²) in [6.45, 7) is 3.28. The lowest BCUT2D eigenvalue weighted by atomic mass is 9.99. The van der Waals surface area contributed by atoms with Crippen LogP contribution in [0.4, 0.5) is 0 Å². The van der Waals surface area contributed by atoms with Gasteiger partial charge in [0.1, 0.15) is 6.10 Å². The highest BCUT2D eigenvalue weighted by atomic mass is 16.5. The summed E-state index contributed by atoms with van der Waals surface area (Å²) in [6.07, 6.45) is 1.16. The molecule has 3 nitrogen and oxygen atoms in total. The molecular weight excluding hydrogens is 214 g/mol. The first-order valence-corrected chi connectivity index (χ1v) is 5.75. The van der Waals surface area contributed by atoms with Crippen LogP contribution in [0.25, 0.3) is 0 Å². The maximum atomic E-state index is 11.1. The molecule has 0 radical (unpaired) electrons. The van der Waals surface area contributed by atoms with E-state index in [4.69, 9.17) is 10.00 Å². The van der Waals surface area contributed by atoms with Gasteiger partial charge in [0.15, 0.2) is 0 Å². The van der Waals surface area contributed by atoms with Crippen LogP contribution >= 0.6 is 0 Å². The number of nitrogens with zero attached hydrogens (tertiary/aromatic N) is 1. The minimum atomic E-state index is -0.288. The van der Waals surface area contributed by atoms with Crippen molar-refractivity contribution < 1.29 is 9.53 Å². The summed E-state index contributed by atoms with van der Waals surface area (Å²) in [4.78, 5) is 11.1. The Morgan fingerprint density at radius 3 is 2.53 bits per heavy atom. The molecule has 0 aliphatic carbocycles. The number of esters is 1. The van der Waals surface area contributed by atoms with Crippen LogP contribution < -0.4 is 0 Å². The molecule has 2 unspecified atom stereocenters. The molecule has 90 valence electrons. The molecule has 0 aliphatic rings. The second-order valence-corrected chi connectivity index (χ2v) is 4.12. The van der Waals surface area contributed by atoms with E-state index in [0.29, 0.717) is 6.42 Å². The van der Waals surface area contributed by atoms with Crippen molar-refractivity contribution in [1.29, 1.82) is 5.26 Å². The Morgan fingerprint density at radius 2 is 2.00 bits per heavy atom. The number of nitriles is 1. The molecule has 1 aromatic carbocycles. The Hall–Kier alpha value is -1.82. The first-order chi connectivity index (χ1) is 8.13. The lowest BCUT2D eigenvalue weighted by molar-refractivity contribution is -0.147. The van der Waals surface area contributed by atoms with E-state index in [1.54, 1.807) is 0 Å². The minimum absolute atomic E-state index is 0.0169. The number of hydrogen-bond acceptors (Lipinski definition) is 3. The van der Waals surface area contributed by atoms with Crippen LogP contribution in [0.2, 0.25) is 0 Å². The molecule has 17 heavy (non-hydrogen) atoms. The van der Waals surface area contributed by atoms with Gasteiger partial charge in [0.05, 0.1) is 6.07 Å². The molecule has 0 saturated heterocycles. The van der Waals surface area contributed by atoms with Gasteiger partial charge in [-0.15, -0.1) is 0 Å². The van der Waals surface area contributed by atoms with Gasteiger partial charge in [-0.25, -0.2) is 0 Å². The maximum absolute atomic E-state index is 11.1. The van der Waals surface area contributed by atoms with Crippen LogP contribution in [0.5, 0.6) is 0 Å². The zero-order valence-electron chi connectivity index (χ0n) is 10.2. The Labute approximate surface area is 102 Å². The van der Waals surface area contributed by atoms with E-state index in [0.717, 1.165) is 12.0 Å². The summed E-state index contributed by atoms with van der Waals surface area (Å²) >= 11 is 0. The van der Waals surface area contributed by atoms with E-state index >= 15 is 0 Å². The van der Waals surface area contributed by atoms with E-state index < -0.39 is 0 Å². The second kappa shape index (κ2) is 6.70. The number of carbonyl (C=O) groups is 1. The third kappa shape index (κ3) is 4.69. The average Bonchev–Trinajstić information content (AvgIpc) is 2.34. The second-order valence-electron chi connectivity index (χ2n) is 4.12. The van der Waals surface area contributed by atoms with Gasteiger partial charge in [0.25, 0.3) is 0 Å². The van der Waals surface area contributed by atoms with E-state index in [9.17, 15) is 4.79 Å². The molecule has 0 amide bonds. The minimum Gasteiger partial charge on any atom is -0.458 e. The number of carbonyl (C=O) groups excluding carboxylic acids is 1. The van der Waals surface area contributed by atoms with Crippen LogP contribution in [-0.2, 0) is 9.53 Å². The average molecular weight is 231 g/mol. The van der Waals surface area contributed by atoms with Crippen molar-refractivity contribution in [3.8, 4) is 6.07 Å². The van der Waals surface area contributed by atoms with E-state index in [1.807, 2.05) is 37.3 Å². The Bertz CT molecular complexity index is 394. The summed E-state index contributed by atoms with van der Waals surface area (Å²) in [7, 11) is 0. The molecule has 2 atom stereocenters. The maximum Gasteiger partial charge on any atom is 0.303 e. The molecule has 0 saturated carbocycles. The summed E-state index contributed by atoms with van der Waals surface area (Å²) in [5, 5.41) is 8.74. The molecule has 1 aromatic rings. The fraction of sp³-hybridized carbons (Fsp3) is 0.429. The number of benzene rings is 1. The third-order valence-corrected chi connectivity index (χ3v) is 2.56. The standard InChI is InChI=1S/C14H17NO2/c1-11(10-15)8-9-14(17-12(2)16)13-6-4-3-5-7-13/h3-7,11,14H,8-9H2,1-2H3. The monoisotopic (exact) mass is 231 g/mol. The van der Waals surface area contributed by atoms with E-state index in [-0.39, 0.29) is 18.0 Å². The van der Waals surface area contributed by atoms with Crippen molar-refractivity contribution in [3.63, 3.8) is 0 Å². The lowest BCUT2D eigenvalue weighted by Crippen LogP contribution is -2.09. The van der Waals surface area contributed by atoms with Crippen LogP contribution in [0, 0.1) is 17.2 Å². The van der Waals surface area contributed by atoms with Crippen molar-refractivity contribution >= 4 is 5.97 Å². The van der Waals surface area contributed by atoms with Gasteiger partial charge in [0.2, 0.25) is 0 Å². The molecule has 1 rings (SSSR count). The van der Waals surface area contributed by atoms with Crippen molar-refractivity contribution in [2.45, 2.75) is 32.8 Å². The van der Waals surface area contributed by atoms with Crippen LogP contribution in [-0.4, -0.2) is 5.97 Å². The molecular formula is C14H17NO2. The summed E-state index contributed by atoms with van der Waals surface area (Å²) < 4.78 is 5.28. The van der Waals surface area contributed by atoms with Crippen molar-refractivity contribution in [1.82, 2.24) is 0 Å². The zero-order valence-corrected chi connectivity index (χ0v) is 10.2. The van der Waals surface area contributed by atoms with Gasteiger partial charge in [-0.2, -0.15) is 5.26 Å². The predicted octanol–water partition coefficient (Wildman–Crippen LogP) is 3.23. The summed E-state index contributed by atoms with van der Waals surface area (Å²) in [6, 6.07) is 11.8. The van der Waals surface area contributed by atoms with Gasteiger partial charge in [-0.1, -0.05) is 30.3 Å². The van der Waals surface area contributed by atoms with E-state index in [1.165, 1.54) is 6.92 Å². The van der Waals surface area contributed by atoms with Crippen molar-refractivity contribution in [2.24, 2.45) is 5.92 Å². The first kappa shape index (κ1) is 13.2. The Kier molecular flexibility index (Phi) is 5.22. The first-order valence-electron chi connectivity index (χ1n) is 5.75. The molecule has 0 bridgehead atoms. The quantitative estimate of drug-likeness (QED) is 0.731. The number of ether oxygens (including phenoxy) is 1. The van der Waals surface area contributed by atoms with Gasteiger partial charge >= 0.3 is 5.97 Å². The molecule has 0 fully saturated rings. The fourth-order valence-corrected chi connectivity index (χ4v) is 1.63. The Balaban J connectivity index is 2.68. The van der Waals surface area contributed by atoms with Gasteiger partial charge in [0, 0.05) is 12.8 Å². The van der Waals surface area contributed by atoms with E-state index in [2.05, 4.69) is 6.07 Å². The molecule has 0 N–H and O–H groups in total. The van der Waals surface area contributed by atoms with Crippen LogP contribution in [0.3, 0.4) is 0 Å². The highest BCUT2D eigenvalue weighted by Crippen LogP contribution is 2.24. The van der Waals surface area contributed by atoms with Gasteiger partial charge in [-0.3, -0.25) is 4.79 Å². The van der Waals surface area contributed by atoms with Crippen LogP contribution in [0.15, 0.2) is 30.3 Å². The zero-order chi connectivity index (χ0) is 12.7.